The van der Waals surface area contributed by atoms with Crippen molar-refractivity contribution in [1.29, 1.82) is 0 Å². The van der Waals surface area contributed by atoms with Crippen LogP contribution in [0.3, 0.4) is 0 Å². The van der Waals surface area contributed by atoms with E-state index >= 15 is 0 Å². The van der Waals surface area contributed by atoms with E-state index < -0.39 is 21.2 Å². The first kappa shape index (κ1) is 20.7. The van der Waals surface area contributed by atoms with Crippen LogP contribution in [-0.2, 0) is 0 Å². The molecule has 118 valence electrons. The first-order valence-corrected chi connectivity index (χ1v) is 22.1. The van der Waals surface area contributed by atoms with E-state index in [4.69, 9.17) is 0 Å². The molecule has 0 aliphatic rings. The van der Waals surface area contributed by atoms with Crippen molar-refractivity contribution in [2.45, 2.75) is 87.4 Å². The zero-order chi connectivity index (χ0) is 16.5. The maximum absolute atomic E-state index is 2.60. The van der Waals surface area contributed by atoms with Crippen LogP contribution in [0, 0.1) is 11.3 Å². The van der Waals surface area contributed by atoms with Crippen LogP contribution in [-0.4, -0.2) is 27.9 Å². The van der Waals surface area contributed by atoms with Crippen molar-refractivity contribution in [3.8, 4) is 0 Å². The molecule has 0 aliphatic carbocycles. The summed E-state index contributed by atoms with van der Waals surface area (Å²) < 4.78 is 9.71. The SMILES string of the molecule is CC(C)B(/C(=[C](/C(C)(C)C)[Pb]([CH3])([CH3])[CH3])C(C)C)C(C)C. The second kappa shape index (κ2) is 7.33. The van der Waals surface area contributed by atoms with Gasteiger partial charge in [-0.15, -0.1) is 0 Å². The summed E-state index contributed by atoms with van der Waals surface area (Å²) in [6, 6.07) is 0. The fraction of sp³-hybridized carbons (Fsp3) is 0.889. The van der Waals surface area contributed by atoms with Crippen molar-refractivity contribution in [1.82, 2.24) is 0 Å². The molecule has 0 aromatic rings. The minimum absolute atomic E-state index is 0.335. The molecule has 0 atom stereocenters. The fourth-order valence-electron chi connectivity index (χ4n) is 4.32. The summed E-state index contributed by atoms with van der Waals surface area (Å²) in [7, 11) is 0. The Morgan fingerprint density at radius 1 is 0.800 bits per heavy atom. The van der Waals surface area contributed by atoms with Crippen LogP contribution in [0.1, 0.15) is 62.3 Å². The Hall–Kier alpha value is 0.727. The van der Waals surface area contributed by atoms with Gasteiger partial charge in [0.25, 0.3) is 0 Å². The van der Waals surface area contributed by atoms with E-state index in [0.29, 0.717) is 11.3 Å². The molecular weight excluding hydrogens is 434 g/mol. The molecule has 0 heterocycles. The monoisotopic (exact) mass is 474 g/mol. The standard InChI is InChI=1S/C15H30B.3CH3.Pb/c1-11(2)14(10-15(7,8)9)16(12(3)4)13(5)6;;;;/h11-13H,1-9H3;3*1H3;. The van der Waals surface area contributed by atoms with Gasteiger partial charge >= 0.3 is 135 Å². The third kappa shape index (κ3) is 5.49. The van der Waals surface area contributed by atoms with Gasteiger partial charge in [0.1, 0.15) is 0 Å². The second-order valence-electron chi connectivity index (χ2n) is 9.50. The third-order valence-corrected chi connectivity index (χ3v) is 14.1. The van der Waals surface area contributed by atoms with Crippen LogP contribution in [0.5, 0.6) is 0 Å². The summed E-state index contributed by atoms with van der Waals surface area (Å²) in [5, 5.41) is 0. The molecule has 0 bridgehead atoms. The van der Waals surface area contributed by atoms with Crippen molar-refractivity contribution in [3.05, 3.63) is 8.60 Å². The zero-order valence-electron chi connectivity index (χ0n) is 16.3. The first-order valence-electron chi connectivity index (χ1n) is 8.46. The van der Waals surface area contributed by atoms with Gasteiger partial charge < -0.3 is 0 Å². The molecule has 0 rings (SSSR count). The van der Waals surface area contributed by atoms with Crippen LogP contribution >= 0.6 is 0 Å². The van der Waals surface area contributed by atoms with E-state index in [1.165, 1.54) is 0 Å². The van der Waals surface area contributed by atoms with E-state index in [-0.39, 0.29) is 0 Å². The molecule has 0 N–H and O–H groups in total. The van der Waals surface area contributed by atoms with E-state index in [1.54, 1.807) is 0 Å². The third-order valence-electron chi connectivity index (χ3n) is 4.21. The average Bonchev–Trinajstić information content (AvgIpc) is 2.10. The Bertz CT molecular complexity index is 313. The molecule has 0 radical (unpaired) electrons. The predicted molar refractivity (Wildman–Crippen MR) is 101 cm³/mol. The summed E-state index contributed by atoms with van der Waals surface area (Å²) in [6.45, 7) is 22.5. The van der Waals surface area contributed by atoms with E-state index in [2.05, 4.69) is 75.8 Å². The molecule has 0 nitrogen and oxygen atoms in total. The fourth-order valence-corrected chi connectivity index (χ4v) is 18.2. The van der Waals surface area contributed by atoms with Gasteiger partial charge in [0.05, 0.1) is 0 Å². The molecule has 0 fully saturated rings. The van der Waals surface area contributed by atoms with Gasteiger partial charge in [-0.25, -0.2) is 0 Å². The number of rotatable bonds is 5. The van der Waals surface area contributed by atoms with Gasteiger partial charge in [-0.2, -0.15) is 0 Å². The average molecular weight is 474 g/mol. The Morgan fingerprint density at radius 2 is 1.15 bits per heavy atom. The van der Waals surface area contributed by atoms with E-state index in [1.807, 2.05) is 8.60 Å². The predicted octanol–water partition coefficient (Wildman–Crippen LogP) is 6.72. The Kier molecular flexibility index (Phi) is 7.59. The van der Waals surface area contributed by atoms with Gasteiger partial charge in [-0.05, 0) is 0 Å². The Morgan fingerprint density at radius 3 is 1.30 bits per heavy atom. The normalized spacial score (nSPS) is 15.2. The van der Waals surface area contributed by atoms with Crippen LogP contribution in [0.4, 0.5) is 0 Å². The van der Waals surface area contributed by atoms with Gasteiger partial charge in [0, 0.05) is 0 Å². The molecule has 0 aliphatic heterocycles. The molecule has 0 spiro atoms. The Balaban J connectivity index is 6.38. The van der Waals surface area contributed by atoms with Crippen molar-refractivity contribution < 1.29 is 0 Å². The molecule has 2 heteroatoms. The number of allylic oxidation sites excluding steroid dienone is 2. The minimum atomic E-state index is -2.26. The van der Waals surface area contributed by atoms with Crippen LogP contribution in [0.15, 0.2) is 8.60 Å². The van der Waals surface area contributed by atoms with E-state index in [0.717, 1.165) is 18.3 Å². The number of hydrogen-bond acceptors (Lipinski definition) is 0. The number of hydrogen-bond donors (Lipinski definition) is 0. The summed E-state index contributed by atoms with van der Waals surface area (Å²) in [6.07, 6.45) is 0. The second-order valence-corrected chi connectivity index (χ2v) is 28.9. The Labute approximate surface area is 134 Å². The van der Waals surface area contributed by atoms with Crippen LogP contribution in [0.25, 0.3) is 0 Å². The molecule has 20 heavy (non-hydrogen) atoms. The van der Waals surface area contributed by atoms with Crippen LogP contribution in [0.2, 0.25) is 25.1 Å². The quantitative estimate of drug-likeness (QED) is 0.389. The topological polar surface area (TPSA) is 0 Å². The molecule has 0 saturated heterocycles. The molecular formula is C18H39BPb. The molecule has 0 amide bonds. The summed E-state index contributed by atoms with van der Waals surface area (Å²) >= 11 is -2.26. The molecule has 0 aromatic heterocycles. The molecule has 0 aromatic carbocycles. The van der Waals surface area contributed by atoms with Gasteiger partial charge in [0.15, 0.2) is 0 Å². The maximum atomic E-state index is 2.60. The summed E-state index contributed by atoms with van der Waals surface area (Å²) in [5.41, 5.74) is 2.15. The molecule has 0 unspecified atom stereocenters. The van der Waals surface area contributed by atoms with Crippen LogP contribution < -0.4 is 0 Å². The molecule has 0 saturated carbocycles. The summed E-state index contributed by atoms with van der Waals surface area (Å²) in [4.78, 5) is 0. The van der Waals surface area contributed by atoms with E-state index in [9.17, 15) is 0 Å². The van der Waals surface area contributed by atoms with Crippen molar-refractivity contribution >= 4 is 27.9 Å². The zero-order valence-corrected chi connectivity index (χ0v) is 20.2. The van der Waals surface area contributed by atoms with Gasteiger partial charge in [-0.3, -0.25) is 0 Å². The van der Waals surface area contributed by atoms with Crippen molar-refractivity contribution in [2.24, 2.45) is 11.3 Å². The first-order chi connectivity index (χ1) is 8.71. The van der Waals surface area contributed by atoms with Gasteiger partial charge in [-0.1, -0.05) is 0 Å². The summed E-state index contributed by atoms with van der Waals surface area (Å²) in [5.74, 6) is 2.15. The van der Waals surface area contributed by atoms with Gasteiger partial charge in [0.2, 0.25) is 0 Å². The van der Waals surface area contributed by atoms with Crippen molar-refractivity contribution in [2.75, 3.05) is 0 Å². The van der Waals surface area contributed by atoms with Crippen molar-refractivity contribution in [3.63, 3.8) is 0 Å².